The Labute approximate surface area is 148 Å². The molecule has 8 heteroatoms. The number of carbonyl (C=O) groups excluding carboxylic acids is 1. The van der Waals surface area contributed by atoms with Crippen molar-refractivity contribution in [2.75, 3.05) is 5.32 Å². The Balaban J connectivity index is 1.60. The fraction of sp³-hybridized carbons (Fsp3) is 0.375. The summed E-state index contributed by atoms with van der Waals surface area (Å²) in [7, 11) is 0. The van der Waals surface area contributed by atoms with Gasteiger partial charge in [0.2, 0.25) is 11.0 Å². The average Bonchev–Trinajstić information content (AvgIpc) is 3.29. The van der Waals surface area contributed by atoms with Crippen molar-refractivity contribution in [2.24, 2.45) is 0 Å². The third-order valence-electron chi connectivity index (χ3n) is 3.65. The van der Waals surface area contributed by atoms with Crippen molar-refractivity contribution in [2.45, 2.75) is 39.0 Å². The monoisotopic (exact) mass is 362 g/mol. The van der Waals surface area contributed by atoms with E-state index in [0.717, 1.165) is 22.9 Å². The number of nitrogens with zero attached hydrogens (tertiary/aromatic N) is 3. The van der Waals surface area contributed by atoms with Crippen molar-refractivity contribution in [3.05, 3.63) is 34.5 Å². The van der Waals surface area contributed by atoms with Crippen LogP contribution in [0.25, 0.3) is 10.8 Å². The molecule has 0 aliphatic carbocycles. The maximum atomic E-state index is 12.2. The highest BCUT2D eigenvalue weighted by atomic mass is 32.1. The molecule has 0 spiro atoms. The molecule has 0 saturated heterocycles. The van der Waals surface area contributed by atoms with E-state index in [1.807, 2.05) is 17.5 Å². The van der Waals surface area contributed by atoms with E-state index in [2.05, 4.69) is 34.3 Å². The van der Waals surface area contributed by atoms with Crippen molar-refractivity contribution in [1.29, 1.82) is 0 Å². The van der Waals surface area contributed by atoms with Gasteiger partial charge in [0, 0.05) is 11.3 Å². The smallest absolute Gasteiger partial charge is 0.232 e. The molecule has 1 amide bonds. The number of carbonyl (C=O) groups is 1. The predicted octanol–water partition coefficient (Wildman–Crippen LogP) is 4.34. The molecule has 3 aromatic heterocycles. The number of hydrogen-bond donors (Lipinski definition) is 1. The molecule has 0 unspecified atom stereocenters. The van der Waals surface area contributed by atoms with E-state index < -0.39 is 0 Å². The summed E-state index contributed by atoms with van der Waals surface area (Å²) in [6.45, 7) is 4.26. The van der Waals surface area contributed by atoms with Gasteiger partial charge in [0.15, 0.2) is 10.8 Å². The summed E-state index contributed by atoms with van der Waals surface area (Å²) in [5.41, 5.74) is 0.716. The van der Waals surface area contributed by atoms with Crippen LogP contribution in [0.2, 0.25) is 0 Å². The van der Waals surface area contributed by atoms with Gasteiger partial charge in [-0.25, -0.2) is 4.98 Å². The molecule has 3 rings (SSSR count). The van der Waals surface area contributed by atoms with Crippen molar-refractivity contribution >= 4 is 33.7 Å². The number of anilines is 1. The van der Waals surface area contributed by atoms with Crippen molar-refractivity contribution < 1.29 is 9.21 Å². The van der Waals surface area contributed by atoms with E-state index in [4.69, 9.17) is 4.42 Å². The van der Waals surface area contributed by atoms with Gasteiger partial charge < -0.3 is 9.73 Å². The van der Waals surface area contributed by atoms with Crippen LogP contribution in [0.5, 0.6) is 0 Å². The standard InChI is InChI=1S/C16H18N4O2S2/c1-3-10(4-2)14-19-20-16(24-14)18-13(21)8-11-9-23-15(17-11)12-6-5-7-22-12/h5-7,9-10H,3-4,8H2,1-2H3,(H,18,20,21). The molecule has 0 bridgehead atoms. The number of hydrogen-bond acceptors (Lipinski definition) is 7. The lowest BCUT2D eigenvalue weighted by Gasteiger charge is -2.05. The zero-order chi connectivity index (χ0) is 16.9. The second-order valence-corrected chi connectivity index (χ2v) is 7.17. The normalized spacial score (nSPS) is 11.1. The Bertz CT molecular complexity index is 791. The van der Waals surface area contributed by atoms with Crippen molar-refractivity contribution in [3.8, 4) is 10.8 Å². The maximum Gasteiger partial charge on any atom is 0.232 e. The van der Waals surface area contributed by atoms with E-state index in [1.54, 1.807) is 6.26 Å². The summed E-state index contributed by atoms with van der Waals surface area (Å²) in [6, 6.07) is 3.67. The Morgan fingerprint density at radius 3 is 2.88 bits per heavy atom. The first kappa shape index (κ1) is 16.8. The summed E-state index contributed by atoms with van der Waals surface area (Å²) in [4.78, 5) is 16.6. The predicted molar refractivity (Wildman–Crippen MR) is 95.4 cm³/mol. The van der Waals surface area contributed by atoms with E-state index in [-0.39, 0.29) is 12.3 Å². The van der Waals surface area contributed by atoms with Gasteiger partial charge in [-0.15, -0.1) is 21.5 Å². The summed E-state index contributed by atoms with van der Waals surface area (Å²) in [5.74, 6) is 0.978. The molecule has 0 fully saturated rings. The van der Waals surface area contributed by atoms with Crippen LogP contribution in [-0.2, 0) is 11.2 Å². The molecule has 0 aliphatic rings. The van der Waals surface area contributed by atoms with Gasteiger partial charge in [0.1, 0.15) is 5.01 Å². The zero-order valence-electron chi connectivity index (χ0n) is 13.5. The first-order chi connectivity index (χ1) is 11.7. The van der Waals surface area contributed by atoms with E-state index in [9.17, 15) is 4.79 Å². The highest BCUT2D eigenvalue weighted by molar-refractivity contribution is 7.15. The average molecular weight is 362 g/mol. The third-order valence-corrected chi connectivity index (χ3v) is 5.55. The highest BCUT2D eigenvalue weighted by Crippen LogP contribution is 2.28. The molecule has 0 aromatic carbocycles. The minimum absolute atomic E-state index is 0.140. The molecular weight excluding hydrogens is 344 g/mol. The maximum absolute atomic E-state index is 12.2. The second-order valence-electron chi connectivity index (χ2n) is 5.31. The van der Waals surface area contributed by atoms with Crippen LogP contribution >= 0.6 is 22.7 Å². The number of amides is 1. The summed E-state index contributed by atoms with van der Waals surface area (Å²) in [5, 5.41) is 15.2. The highest BCUT2D eigenvalue weighted by Gasteiger charge is 2.16. The number of furan rings is 1. The fourth-order valence-corrected chi connectivity index (χ4v) is 4.13. The third kappa shape index (κ3) is 3.88. The molecule has 0 radical (unpaired) electrons. The first-order valence-corrected chi connectivity index (χ1v) is 9.50. The molecule has 0 saturated carbocycles. The van der Waals surface area contributed by atoms with Gasteiger partial charge in [-0.2, -0.15) is 0 Å². The largest absolute Gasteiger partial charge is 0.462 e. The van der Waals surface area contributed by atoms with E-state index in [0.29, 0.717) is 22.5 Å². The number of nitrogens with one attached hydrogen (secondary N) is 1. The lowest BCUT2D eigenvalue weighted by atomic mass is 10.1. The van der Waals surface area contributed by atoms with E-state index in [1.165, 1.54) is 22.7 Å². The van der Waals surface area contributed by atoms with Gasteiger partial charge in [0.05, 0.1) is 18.4 Å². The Kier molecular flexibility index (Phi) is 5.37. The second kappa shape index (κ2) is 7.67. The summed E-state index contributed by atoms with van der Waals surface area (Å²) in [6.07, 6.45) is 3.86. The van der Waals surface area contributed by atoms with Crippen LogP contribution in [-0.4, -0.2) is 21.1 Å². The SMILES string of the molecule is CCC(CC)c1nnc(NC(=O)Cc2csc(-c3ccco3)n2)s1. The molecule has 3 aromatic rings. The topological polar surface area (TPSA) is 80.9 Å². The molecular formula is C16H18N4O2S2. The molecule has 24 heavy (non-hydrogen) atoms. The van der Waals surface area contributed by atoms with Crippen LogP contribution in [0.1, 0.15) is 43.3 Å². The summed E-state index contributed by atoms with van der Waals surface area (Å²) < 4.78 is 5.31. The summed E-state index contributed by atoms with van der Waals surface area (Å²) >= 11 is 2.90. The van der Waals surface area contributed by atoms with Gasteiger partial charge in [-0.1, -0.05) is 25.2 Å². The van der Waals surface area contributed by atoms with Crippen LogP contribution in [0.4, 0.5) is 5.13 Å². The zero-order valence-corrected chi connectivity index (χ0v) is 15.1. The van der Waals surface area contributed by atoms with Gasteiger partial charge in [0.25, 0.3) is 0 Å². The minimum Gasteiger partial charge on any atom is -0.462 e. The molecule has 1 N–H and O–H groups in total. The number of rotatable bonds is 7. The molecule has 3 heterocycles. The van der Waals surface area contributed by atoms with Crippen molar-refractivity contribution in [3.63, 3.8) is 0 Å². The molecule has 0 aliphatic heterocycles. The van der Waals surface area contributed by atoms with Crippen LogP contribution in [0, 0.1) is 0 Å². The van der Waals surface area contributed by atoms with Crippen LogP contribution < -0.4 is 5.32 Å². The fourth-order valence-electron chi connectivity index (χ4n) is 2.32. The van der Waals surface area contributed by atoms with Crippen LogP contribution in [0.3, 0.4) is 0 Å². The van der Waals surface area contributed by atoms with Gasteiger partial charge >= 0.3 is 0 Å². The van der Waals surface area contributed by atoms with Crippen LogP contribution in [0.15, 0.2) is 28.2 Å². The van der Waals surface area contributed by atoms with Gasteiger partial charge in [-0.05, 0) is 25.0 Å². The lowest BCUT2D eigenvalue weighted by Crippen LogP contribution is -2.14. The number of thiazole rings is 1. The first-order valence-electron chi connectivity index (χ1n) is 7.81. The quantitative estimate of drug-likeness (QED) is 0.676. The minimum atomic E-state index is -0.140. The molecule has 6 nitrogen and oxygen atoms in total. The van der Waals surface area contributed by atoms with E-state index >= 15 is 0 Å². The molecule has 126 valence electrons. The number of aromatic nitrogens is 3. The van der Waals surface area contributed by atoms with Gasteiger partial charge in [-0.3, -0.25) is 4.79 Å². The van der Waals surface area contributed by atoms with Crippen molar-refractivity contribution in [1.82, 2.24) is 15.2 Å². The molecule has 0 atom stereocenters. The lowest BCUT2D eigenvalue weighted by molar-refractivity contribution is -0.115. The Morgan fingerprint density at radius 2 is 2.17 bits per heavy atom. The Morgan fingerprint density at radius 1 is 1.33 bits per heavy atom. The Hall–Kier alpha value is -2.06.